The van der Waals surface area contributed by atoms with Crippen molar-refractivity contribution in [3.63, 3.8) is 0 Å². The Morgan fingerprint density at radius 3 is 2.64 bits per heavy atom. The fourth-order valence-electron chi connectivity index (χ4n) is 2.63. The quantitative estimate of drug-likeness (QED) is 0.879. The highest BCUT2D eigenvalue weighted by atomic mass is 35.5. The van der Waals surface area contributed by atoms with Gasteiger partial charge in [0.25, 0.3) is 5.91 Å². The van der Waals surface area contributed by atoms with E-state index in [1.165, 1.54) is 36.2 Å². The average Bonchev–Trinajstić information content (AvgIpc) is 2.94. The Balaban J connectivity index is 0.00000176. The number of nitrogens with two attached hydrogens (primary N) is 1. The Kier molecular flexibility index (Phi) is 5.94. The molecule has 1 aliphatic rings. The molecule has 1 aliphatic carbocycles. The largest absolute Gasteiger partial charge is 0.344 e. The van der Waals surface area contributed by atoms with E-state index < -0.39 is 0 Å². The molecule has 0 bridgehead atoms. The van der Waals surface area contributed by atoms with Crippen molar-refractivity contribution in [2.24, 2.45) is 11.7 Å². The third kappa shape index (κ3) is 3.66. The highest BCUT2D eigenvalue weighted by Crippen LogP contribution is 2.37. The first-order valence-corrected chi connectivity index (χ1v) is 8.16. The molecule has 1 saturated carbocycles. The second-order valence-corrected chi connectivity index (χ2v) is 6.33. The molecule has 1 atom stereocenters. The summed E-state index contributed by atoms with van der Waals surface area (Å²) in [5.74, 6) is 0.427. The van der Waals surface area contributed by atoms with Crippen LogP contribution in [-0.4, -0.2) is 10.9 Å². The van der Waals surface area contributed by atoms with Crippen LogP contribution in [0.25, 0.3) is 0 Å². The molecule has 4 nitrogen and oxygen atoms in total. The lowest BCUT2D eigenvalue weighted by molar-refractivity contribution is 0.0896. The normalized spacial score (nSPS) is 15.5. The number of nitrogens with one attached hydrogen (secondary N) is 1. The first kappa shape index (κ1) is 16.9. The number of hydrogen-bond donors (Lipinski definition) is 2. The van der Waals surface area contributed by atoms with Crippen molar-refractivity contribution in [1.29, 1.82) is 0 Å². The van der Waals surface area contributed by atoms with Gasteiger partial charge in [0.15, 0.2) is 0 Å². The Bertz CT molecular complexity index is 613. The Labute approximate surface area is 140 Å². The zero-order valence-corrected chi connectivity index (χ0v) is 13.8. The molecule has 0 spiro atoms. The molecular weight excluding hydrogens is 318 g/mol. The molecule has 1 amide bonds. The standard InChI is InChI=1S/C16H19N3OS.ClH/c17-9-14-18-13(10-21-14)16(20)19-15(12-7-4-8-12)11-5-2-1-3-6-11;/h1-3,5-6,10,12,15H,4,7-9,17H2,(H,19,20);1H. The van der Waals surface area contributed by atoms with E-state index in [4.69, 9.17) is 5.73 Å². The van der Waals surface area contributed by atoms with Crippen molar-refractivity contribution in [2.45, 2.75) is 31.8 Å². The number of carbonyl (C=O) groups is 1. The molecule has 1 heterocycles. The summed E-state index contributed by atoms with van der Waals surface area (Å²) < 4.78 is 0. The maximum absolute atomic E-state index is 12.4. The second kappa shape index (κ2) is 7.72. The van der Waals surface area contributed by atoms with Crippen LogP contribution in [0.2, 0.25) is 0 Å². The van der Waals surface area contributed by atoms with Gasteiger partial charge in [-0.05, 0) is 24.3 Å². The molecule has 118 valence electrons. The van der Waals surface area contributed by atoms with Crippen molar-refractivity contribution in [3.8, 4) is 0 Å². The molecule has 2 aromatic rings. The number of aromatic nitrogens is 1. The maximum Gasteiger partial charge on any atom is 0.271 e. The molecule has 1 aromatic carbocycles. The number of benzene rings is 1. The van der Waals surface area contributed by atoms with Crippen molar-refractivity contribution < 1.29 is 4.79 Å². The van der Waals surface area contributed by atoms with Gasteiger partial charge in [-0.1, -0.05) is 36.8 Å². The van der Waals surface area contributed by atoms with Crippen LogP contribution in [0, 0.1) is 5.92 Å². The fourth-order valence-corrected chi connectivity index (χ4v) is 3.29. The summed E-state index contributed by atoms with van der Waals surface area (Å²) in [5.41, 5.74) is 7.19. The van der Waals surface area contributed by atoms with Crippen LogP contribution in [0.3, 0.4) is 0 Å². The van der Waals surface area contributed by atoms with Crippen LogP contribution in [-0.2, 0) is 6.54 Å². The average molecular weight is 338 g/mol. The zero-order valence-electron chi connectivity index (χ0n) is 12.2. The minimum absolute atomic E-state index is 0. The Morgan fingerprint density at radius 2 is 2.09 bits per heavy atom. The third-order valence-electron chi connectivity index (χ3n) is 4.03. The SMILES string of the molecule is Cl.NCc1nc(C(=O)NC(c2ccccc2)C2CCC2)cs1. The minimum Gasteiger partial charge on any atom is -0.344 e. The predicted octanol–water partition coefficient (Wildman–Crippen LogP) is 3.29. The summed E-state index contributed by atoms with van der Waals surface area (Å²) in [4.78, 5) is 16.7. The van der Waals surface area contributed by atoms with Gasteiger partial charge in [-0.3, -0.25) is 4.79 Å². The maximum atomic E-state index is 12.4. The van der Waals surface area contributed by atoms with E-state index in [9.17, 15) is 4.79 Å². The molecule has 1 unspecified atom stereocenters. The van der Waals surface area contributed by atoms with Crippen molar-refractivity contribution >= 4 is 29.7 Å². The summed E-state index contributed by atoms with van der Waals surface area (Å²) in [6, 6.07) is 10.3. The van der Waals surface area contributed by atoms with E-state index in [-0.39, 0.29) is 24.4 Å². The zero-order chi connectivity index (χ0) is 14.7. The number of halogens is 1. The van der Waals surface area contributed by atoms with Gasteiger partial charge in [0.05, 0.1) is 6.04 Å². The van der Waals surface area contributed by atoms with E-state index in [0.717, 1.165) is 5.01 Å². The van der Waals surface area contributed by atoms with Gasteiger partial charge in [-0.2, -0.15) is 0 Å². The van der Waals surface area contributed by atoms with E-state index in [1.807, 2.05) is 18.2 Å². The Morgan fingerprint density at radius 1 is 1.36 bits per heavy atom. The van der Waals surface area contributed by atoms with Crippen molar-refractivity contribution in [3.05, 3.63) is 52.0 Å². The predicted molar refractivity (Wildman–Crippen MR) is 91.2 cm³/mol. The van der Waals surface area contributed by atoms with Crippen LogP contribution in [0.1, 0.15) is 46.4 Å². The van der Waals surface area contributed by atoms with Crippen molar-refractivity contribution in [2.75, 3.05) is 0 Å². The van der Waals surface area contributed by atoms with E-state index in [1.54, 1.807) is 5.38 Å². The molecule has 0 radical (unpaired) electrons. The number of nitrogens with zero attached hydrogens (tertiary/aromatic N) is 1. The van der Waals surface area contributed by atoms with Gasteiger partial charge in [0.1, 0.15) is 10.7 Å². The van der Waals surface area contributed by atoms with E-state index in [0.29, 0.717) is 18.2 Å². The van der Waals surface area contributed by atoms with Crippen LogP contribution in [0.15, 0.2) is 35.7 Å². The van der Waals surface area contributed by atoms with Gasteiger partial charge in [-0.15, -0.1) is 23.7 Å². The number of hydrogen-bond acceptors (Lipinski definition) is 4. The molecular formula is C16H20ClN3OS. The highest BCUT2D eigenvalue weighted by molar-refractivity contribution is 7.09. The second-order valence-electron chi connectivity index (χ2n) is 5.38. The molecule has 3 N–H and O–H groups in total. The topological polar surface area (TPSA) is 68.0 Å². The smallest absolute Gasteiger partial charge is 0.271 e. The number of thiazole rings is 1. The van der Waals surface area contributed by atoms with Gasteiger partial charge in [0.2, 0.25) is 0 Å². The lowest BCUT2D eigenvalue weighted by Gasteiger charge is -2.34. The fraction of sp³-hybridized carbons (Fsp3) is 0.375. The first-order chi connectivity index (χ1) is 10.3. The molecule has 0 saturated heterocycles. The van der Waals surface area contributed by atoms with E-state index in [2.05, 4.69) is 22.4 Å². The monoisotopic (exact) mass is 337 g/mol. The van der Waals surface area contributed by atoms with E-state index >= 15 is 0 Å². The Hall–Kier alpha value is -1.43. The highest BCUT2D eigenvalue weighted by Gasteiger charge is 2.30. The molecule has 3 rings (SSSR count). The van der Waals surface area contributed by atoms with Gasteiger partial charge in [0, 0.05) is 11.9 Å². The van der Waals surface area contributed by atoms with Crippen LogP contribution in [0.4, 0.5) is 0 Å². The van der Waals surface area contributed by atoms with Crippen molar-refractivity contribution in [1.82, 2.24) is 10.3 Å². The molecule has 1 aromatic heterocycles. The molecule has 1 fully saturated rings. The van der Waals surface area contributed by atoms with Gasteiger partial charge in [-0.25, -0.2) is 4.98 Å². The van der Waals surface area contributed by atoms with Crippen LogP contribution < -0.4 is 11.1 Å². The number of rotatable bonds is 5. The lowest BCUT2D eigenvalue weighted by Crippen LogP contribution is -2.36. The number of carbonyl (C=O) groups excluding carboxylic acids is 1. The molecule has 22 heavy (non-hydrogen) atoms. The summed E-state index contributed by atoms with van der Waals surface area (Å²) in [6.45, 7) is 0.378. The summed E-state index contributed by atoms with van der Waals surface area (Å²) in [6.07, 6.45) is 3.59. The first-order valence-electron chi connectivity index (χ1n) is 7.28. The molecule has 6 heteroatoms. The van der Waals surface area contributed by atoms with Gasteiger partial charge < -0.3 is 11.1 Å². The summed E-state index contributed by atoms with van der Waals surface area (Å²) >= 11 is 1.43. The summed E-state index contributed by atoms with van der Waals surface area (Å²) in [7, 11) is 0. The lowest BCUT2D eigenvalue weighted by atomic mass is 9.77. The number of amides is 1. The molecule has 0 aliphatic heterocycles. The van der Waals surface area contributed by atoms with Crippen LogP contribution >= 0.6 is 23.7 Å². The van der Waals surface area contributed by atoms with Crippen LogP contribution in [0.5, 0.6) is 0 Å². The summed E-state index contributed by atoms with van der Waals surface area (Å²) in [5, 5.41) is 5.72. The minimum atomic E-state index is -0.105. The third-order valence-corrected chi connectivity index (χ3v) is 4.90. The van der Waals surface area contributed by atoms with Gasteiger partial charge >= 0.3 is 0 Å².